The third kappa shape index (κ3) is 7.78. The van der Waals surface area contributed by atoms with Crippen LogP contribution in [0.5, 0.6) is 0 Å². The zero-order chi connectivity index (χ0) is 39.7. The second kappa shape index (κ2) is 15.7. The molecule has 5 aromatic rings. The van der Waals surface area contributed by atoms with E-state index >= 15 is 0 Å². The molecule has 0 aliphatic carbocycles. The zero-order valence-electron chi connectivity index (χ0n) is 28.6. The Hall–Kier alpha value is -5.91. The average Bonchev–Trinajstić information content (AvgIpc) is 3.84. The van der Waals surface area contributed by atoms with E-state index in [2.05, 4.69) is 24.9 Å². The number of aliphatic hydroxyl groups is 2. The molecular weight excluding hydrogens is 765 g/mol. The van der Waals surface area contributed by atoms with Gasteiger partial charge in [-0.05, 0) is 24.3 Å². The van der Waals surface area contributed by atoms with Crippen LogP contribution in [-0.4, -0.2) is 111 Å². The number of carbonyl (C=O) groups excluding carboxylic acids is 2. The van der Waals surface area contributed by atoms with Gasteiger partial charge in [-0.1, -0.05) is 36.4 Å². The second-order valence-corrected chi connectivity index (χ2v) is 13.7. The quantitative estimate of drug-likeness (QED) is 0.0654. The summed E-state index contributed by atoms with van der Waals surface area (Å²) in [4.78, 5) is 80.2. The summed E-state index contributed by atoms with van der Waals surface area (Å²) >= 11 is 0. The SMILES string of the molecule is Nc1ncn(C2OC(COP(=O)(O)OC3C(CO)OC(n4cnc5c(=O)[nH]c(N)nc54)C3OC(=O)c3ccccc3)C(O)C2OC(=O)c2ccccc2)c(=O)n1. The standard InChI is InChI=1S/C32H32N9O14P/c33-30-36-14-41(32(47)39-30)26-22(53-28(45)15-7-3-1-4-8-15)20(43)18(52-26)12-50-56(48,49)55-21-17(11-42)51-27(23(21)54-29(46)16-9-5-2-6-10-16)40-13-35-19-24(40)37-31(34)38-25(19)44/h1-10,13-14,17-18,20-23,26-27,42-43H,11-12H2,(H,48,49)(H2,33,39,47)(H3,34,37,38,44). The number of carbonyl (C=O) groups is 2. The number of aromatic amines is 1. The number of aliphatic hydroxyl groups excluding tert-OH is 2. The van der Waals surface area contributed by atoms with Crippen LogP contribution in [0.1, 0.15) is 33.2 Å². The molecule has 24 heteroatoms. The maximum absolute atomic E-state index is 13.6. The summed E-state index contributed by atoms with van der Waals surface area (Å²) < 4.78 is 49.3. The van der Waals surface area contributed by atoms with Crippen molar-refractivity contribution in [1.29, 1.82) is 0 Å². The summed E-state index contributed by atoms with van der Waals surface area (Å²) in [5.74, 6) is -2.49. The average molecular weight is 798 g/mol. The molecule has 23 nitrogen and oxygen atoms in total. The molecule has 294 valence electrons. The van der Waals surface area contributed by atoms with Crippen LogP contribution in [0.2, 0.25) is 0 Å². The third-order valence-corrected chi connectivity index (χ3v) is 9.67. The first-order valence-corrected chi connectivity index (χ1v) is 18.0. The summed E-state index contributed by atoms with van der Waals surface area (Å²) in [5, 5.41) is 21.6. The van der Waals surface area contributed by atoms with E-state index in [1.807, 2.05) is 0 Å². The van der Waals surface area contributed by atoms with Crippen LogP contribution in [0.3, 0.4) is 0 Å². The van der Waals surface area contributed by atoms with Gasteiger partial charge in [-0.2, -0.15) is 9.97 Å². The lowest BCUT2D eigenvalue weighted by molar-refractivity contribution is -0.0645. The molecule has 0 amide bonds. The smallest absolute Gasteiger partial charge is 0.451 e. The number of benzene rings is 2. The molecule has 0 saturated carbocycles. The number of imidazole rings is 1. The fourth-order valence-electron chi connectivity index (χ4n) is 6.08. The Balaban J connectivity index is 1.14. The summed E-state index contributed by atoms with van der Waals surface area (Å²) in [6.45, 7) is -1.76. The number of nitrogen functional groups attached to an aromatic ring is 2. The molecule has 0 radical (unpaired) electrons. The van der Waals surface area contributed by atoms with Crippen LogP contribution in [0.25, 0.3) is 11.2 Å². The Bertz CT molecular complexity index is 2400. The van der Waals surface area contributed by atoms with Crippen molar-refractivity contribution in [3.8, 4) is 0 Å². The molecule has 9 unspecified atom stereocenters. The predicted molar refractivity (Wildman–Crippen MR) is 186 cm³/mol. The van der Waals surface area contributed by atoms with Crippen molar-refractivity contribution in [2.75, 3.05) is 24.7 Å². The lowest BCUT2D eigenvalue weighted by atomic mass is 10.1. The number of anilines is 2. The minimum Gasteiger partial charge on any atom is -0.451 e. The number of hydrogen-bond acceptors (Lipinski definition) is 19. The number of nitrogens with one attached hydrogen (secondary N) is 1. The van der Waals surface area contributed by atoms with Crippen molar-refractivity contribution in [2.45, 2.75) is 49.1 Å². The Kier molecular flexibility index (Phi) is 10.7. The van der Waals surface area contributed by atoms with Gasteiger partial charge in [0.05, 0.1) is 30.7 Å². The van der Waals surface area contributed by atoms with Gasteiger partial charge in [-0.3, -0.25) is 28.0 Å². The van der Waals surface area contributed by atoms with Gasteiger partial charge in [0.15, 0.2) is 35.8 Å². The van der Waals surface area contributed by atoms with E-state index in [4.69, 9.17) is 39.5 Å². The molecule has 2 saturated heterocycles. The first-order valence-electron chi connectivity index (χ1n) is 16.5. The lowest BCUT2D eigenvalue weighted by Gasteiger charge is -2.26. The number of aromatic nitrogens is 7. The van der Waals surface area contributed by atoms with E-state index in [1.165, 1.54) is 28.8 Å². The maximum atomic E-state index is 13.6. The molecule has 2 aliphatic heterocycles. The molecule has 0 bridgehead atoms. The monoisotopic (exact) mass is 797 g/mol. The van der Waals surface area contributed by atoms with E-state index < -0.39 is 93.3 Å². The highest BCUT2D eigenvalue weighted by molar-refractivity contribution is 7.47. The maximum Gasteiger partial charge on any atom is 0.472 e. The number of rotatable bonds is 12. The van der Waals surface area contributed by atoms with E-state index in [0.717, 1.165) is 17.2 Å². The largest absolute Gasteiger partial charge is 0.472 e. The lowest BCUT2D eigenvalue weighted by Crippen LogP contribution is -2.40. The first-order chi connectivity index (χ1) is 26.8. The Morgan fingerprint density at radius 3 is 2.05 bits per heavy atom. The molecule has 2 aromatic carbocycles. The van der Waals surface area contributed by atoms with Crippen LogP contribution >= 0.6 is 7.82 Å². The summed E-state index contributed by atoms with van der Waals surface area (Å²) in [6.07, 6.45) is -10.7. The zero-order valence-corrected chi connectivity index (χ0v) is 29.5. The highest BCUT2D eigenvalue weighted by atomic mass is 31.2. The van der Waals surface area contributed by atoms with Crippen LogP contribution in [0.4, 0.5) is 11.9 Å². The van der Waals surface area contributed by atoms with Gasteiger partial charge < -0.3 is 45.5 Å². The number of phosphoric ester groups is 1. The van der Waals surface area contributed by atoms with Gasteiger partial charge in [-0.25, -0.2) is 28.9 Å². The molecule has 2 fully saturated rings. The summed E-state index contributed by atoms with van der Waals surface area (Å²) in [5.41, 5.74) is 9.45. The number of ether oxygens (including phenoxy) is 4. The van der Waals surface area contributed by atoms with Gasteiger partial charge >= 0.3 is 25.5 Å². The Morgan fingerprint density at radius 1 is 0.839 bits per heavy atom. The molecule has 56 heavy (non-hydrogen) atoms. The van der Waals surface area contributed by atoms with Crippen LogP contribution in [0, 0.1) is 0 Å². The molecule has 2 aliphatic rings. The minimum atomic E-state index is -5.30. The van der Waals surface area contributed by atoms with E-state index in [9.17, 15) is 38.8 Å². The summed E-state index contributed by atoms with van der Waals surface area (Å²) in [6, 6.07) is 15.4. The number of phosphoric acid groups is 1. The van der Waals surface area contributed by atoms with Crippen molar-refractivity contribution in [3.63, 3.8) is 0 Å². The van der Waals surface area contributed by atoms with Gasteiger partial charge in [-0.15, -0.1) is 0 Å². The van der Waals surface area contributed by atoms with Gasteiger partial charge in [0, 0.05) is 0 Å². The third-order valence-electron chi connectivity index (χ3n) is 8.68. The van der Waals surface area contributed by atoms with Crippen LogP contribution in [0.15, 0.2) is 82.9 Å². The second-order valence-electron chi connectivity index (χ2n) is 12.3. The highest BCUT2D eigenvalue weighted by Crippen LogP contribution is 2.50. The van der Waals surface area contributed by atoms with Gasteiger partial charge in [0.2, 0.25) is 11.9 Å². The first kappa shape index (κ1) is 38.4. The number of hydrogen-bond donors (Lipinski definition) is 6. The fraction of sp³-hybridized carbons (Fsp3) is 0.312. The topological polar surface area (TPSA) is 331 Å². The van der Waals surface area contributed by atoms with Gasteiger partial charge in [0.25, 0.3) is 5.56 Å². The molecular formula is C32H32N9O14P. The summed E-state index contributed by atoms with van der Waals surface area (Å²) in [7, 11) is -5.30. The van der Waals surface area contributed by atoms with E-state index in [1.54, 1.807) is 36.4 Å². The molecule has 5 heterocycles. The van der Waals surface area contributed by atoms with Gasteiger partial charge in [0.1, 0.15) is 30.7 Å². The van der Waals surface area contributed by atoms with E-state index in [0.29, 0.717) is 0 Å². The van der Waals surface area contributed by atoms with Crippen molar-refractivity contribution >= 4 is 42.8 Å². The van der Waals surface area contributed by atoms with Crippen molar-refractivity contribution in [3.05, 3.63) is 105 Å². The Morgan fingerprint density at radius 2 is 1.43 bits per heavy atom. The highest BCUT2D eigenvalue weighted by Gasteiger charge is 2.53. The van der Waals surface area contributed by atoms with E-state index in [-0.39, 0.29) is 34.2 Å². The van der Waals surface area contributed by atoms with Crippen LogP contribution < -0.4 is 22.7 Å². The minimum absolute atomic E-state index is 0.0743. The van der Waals surface area contributed by atoms with Crippen molar-refractivity contribution < 1.29 is 57.3 Å². The fourth-order valence-corrected chi connectivity index (χ4v) is 7.04. The number of nitrogens with two attached hydrogens (primary N) is 2. The molecule has 8 N–H and O–H groups in total. The number of esters is 2. The van der Waals surface area contributed by atoms with Crippen LogP contribution in [-0.2, 0) is 32.6 Å². The van der Waals surface area contributed by atoms with Crippen molar-refractivity contribution in [1.82, 2.24) is 34.1 Å². The molecule has 0 spiro atoms. The van der Waals surface area contributed by atoms with Crippen molar-refractivity contribution in [2.24, 2.45) is 0 Å². The molecule has 7 rings (SSSR count). The Labute approximate surface area is 313 Å². The number of fused-ring (bicyclic) bond motifs is 1. The number of nitrogens with zero attached hydrogens (tertiary/aromatic N) is 6. The molecule has 3 aromatic heterocycles. The molecule has 9 atom stereocenters. The number of H-pyrrole nitrogens is 1. The normalized spacial score (nSPS) is 25.8. The predicted octanol–water partition coefficient (Wildman–Crippen LogP) is -0.963.